The molecule has 1 aliphatic heterocycles. The molecule has 0 aromatic rings. The second kappa shape index (κ2) is 8.09. The molecule has 4 aliphatic rings. The summed E-state index contributed by atoms with van der Waals surface area (Å²) in [5, 5.41) is 6.24. The van der Waals surface area contributed by atoms with E-state index in [1.807, 2.05) is 41.5 Å². The molecule has 0 radical (unpaired) electrons. The number of nitrogens with one attached hydrogen (secondary N) is 2. The van der Waals surface area contributed by atoms with Crippen LogP contribution in [0.1, 0.15) is 93.9 Å². The maximum Gasteiger partial charge on any atom is 0.324 e. The lowest BCUT2D eigenvalue weighted by atomic mass is 9.48. The van der Waals surface area contributed by atoms with Gasteiger partial charge in [0.05, 0.1) is 0 Å². The van der Waals surface area contributed by atoms with Gasteiger partial charge in [0.25, 0.3) is 0 Å². The molecule has 3 aliphatic carbocycles. The lowest BCUT2D eigenvalue weighted by Gasteiger charge is -2.59. The molecule has 190 valence electrons. The standard InChI is InChI=1S/C28H45N3O3/c1-25(2,3)30-24(34)31(26(4,5)6)23(33)20-11-10-18-17-9-12-21-28(8,16-14-22(32)29-21)19(17)13-15-27(18,20)7/h14,16-21H,9-13,15H2,1-8H3,(H,29,32)(H,30,34)/t17?,18?,19?,20?,21-,27+,28-/m1/s1. The van der Waals surface area contributed by atoms with Crippen LogP contribution >= 0.6 is 0 Å². The molecular weight excluding hydrogens is 426 g/mol. The Morgan fingerprint density at radius 1 is 1.00 bits per heavy atom. The van der Waals surface area contributed by atoms with Gasteiger partial charge in [-0.3, -0.25) is 14.5 Å². The van der Waals surface area contributed by atoms with E-state index in [9.17, 15) is 14.4 Å². The van der Waals surface area contributed by atoms with Gasteiger partial charge in [-0.25, -0.2) is 4.79 Å². The van der Waals surface area contributed by atoms with E-state index in [0.717, 1.165) is 38.5 Å². The van der Waals surface area contributed by atoms with E-state index in [0.29, 0.717) is 17.8 Å². The molecular formula is C28H45N3O3. The number of carbonyl (C=O) groups excluding carboxylic acids is 3. The molecule has 4 unspecified atom stereocenters. The molecule has 3 saturated carbocycles. The molecule has 6 nitrogen and oxygen atoms in total. The molecule has 0 saturated heterocycles. The minimum absolute atomic E-state index is 0.00963. The Morgan fingerprint density at radius 3 is 2.29 bits per heavy atom. The highest BCUT2D eigenvalue weighted by Gasteiger charge is 2.61. The summed E-state index contributed by atoms with van der Waals surface area (Å²) in [5.41, 5.74) is -1.09. The van der Waals surface area contributed by atoms with Crippen molar-refractivity contribution in [3.63, 3.8) is 0 Å². The lowest BCUT2D eigenvalue weighted by molar-refractivity contribution is -0.144. The van der Waals surface area contributed by atoms with Crippen molar-refractivity contribution in [1.82, 2.24) is 15.5 Å². The predicted molar refractivity (Wildman–Crippen MR) is 134 cm³/mol. The molecule has 2 N–H and O–H groups in total. The lowest BCUT2D eigenvalue weighted by Crippen LogP contribution is -2.61. The van der Waals surface area contributed by atoms with Gasteiger partial charge in [-0.15, -0.1) is 0 Å². The summed E-state index contributed by atoms with van der Waals surface area (Å²) < 4.78 is 0. The van der Waals surface area contributed by atoms with E-state index in [1.165, 1.54) is 4.90 Å². The minimum Gasteiger partial charge on any atom is -0.349 e. The Labute approximate surface area is 205 Å². The second-order valence-corrected chi connectivity index (χ2v) is 13.9. The first-order valence-corrected chi connectivity index (χ1v) is 13.2. The number of hydrogen-bond acceptors (Lipinski definition) is 3. The fraction of sp³-hybridized carbons (Fsp3) is 0.821. The number of fused-ring (bicyclic) bond motifs is 5. The van der Waals surface area contributed by atoms with E-state index < -0.39 is 11.1 Å². The van der Waals surface area contributed by atoms with Crippen molar-refractivity contribution in [3.8, 4) is 0 Å². The van der Waals surface area contributed by atoms with Crippen LogP contribution in [0.2, 0.25) is 0 Å². The summed E-state index contributed by atoms with van der Waals surface area (Å²) in [5.74, 6) is 1.46. The van der Waals surface area contributed by atoms with Crippen LogP contribution < -0.4 is 10.6 Å². The molecule has 7 atom stereocenters. The number of urea groups is 1. The number of imide groups is 1. The van der Waals surface area contributed by atoms with Crippen molar-refractivity contribution < 1.29 is 14.4 Å². The normalized spacial score (nSPS) is 39.4. The summed E-state index contributed by atoms with van der Waals surface area (Å²) in [6, 6.07) is -0.0752. The Morgan fingerprint density at radius 2 is 1.68 bits per heavy atom. The number of nitrogens with zero attached hydrogens (tertiary/aromatic N) is 1. The SMILES string of the molecule is CC(C)(C)NC(=O)N(C(=O)C1CCC2C3CC[C@H]4NC(=O)C=C[C@]4(C)C3CC[C@]12C)C(C)(C)C. The Balaban J connectivity index is 1.60. The summed E-state index contributed by atoms with van der Waals surface area (Å²) in [4.78, 5) is 40.8. The van der Waals surface area contributed by atoms with Crippen LogP contribution in [-0.4, -0.2) is 39.9 Å². The van der Waals surface area contributed by atoms with Gasteiger partial charge in [-0.05, 0) is 109 Å². The molecule has 1 heterocycles. The number of hydrogen-bond donors (Lipinski definition) is 2. The van der Waals surface area contributed by atoms with Crippen LogP contribution in [-0.2, 0) is 9.59 Å². The van der Waals surface area contributed by atoms with Crippen LogP contribution in [0.25, 0.3) is 0 Å². The maximum absolute atomic E-state index is 14.1. The molecule has 4 amide bonds. The van der Waals surface area contributed by atoms with Gasteiger partial charge in [-0.1, -0.05) is 19.9 Å². The molecule has 0 aromatic carbocycles. The Hall–Kier alpha value is -1.85. The summed E-state index contributed by atoms with van der Waals surface area (Å²) in [6.07, 6.45) is 9.97. The monoisotopic (exact) mass is 471 g/mol. The van der Waals surface area contributed by atoms with Crippen molar-refractivity contribution in [3.05, 3.63) is 12.2 Å². The van der Waals surface area contributed by atoms with E-state index in [4.69, 9.17) is 0 Å². The first-order valence-electron chi connectivity index (χ1n) is 13.2. The van der Waals surface area contributed by atoms with E-state index in [-0.39, 0.29) is 40.6 Å². The summed E-state index contributed by atoms with van der Waals surface area (Å²) in [6.45, 7) is 16.3. The highest BCUT2D eigenvalue weighted by atomic mass is 16.2. The summed E-state index contributed by atoms with van der Waals surface area (Å²) in [7, 11) is 0. The third-order valence-electron chi connectivity index (χ3n) is 9.56. The molecule has 0 spiro atoms. The fourth-order valence-corrected chi connectivity index (χ4v) is 8.01. The van der Waals surface area contributed by atoms with Crippen LogP contribution in [0.5, 0.6) is 0 Å². The topological polar surface area (TPSA) is 78.5 Å². The van der Waals surface area contributed by atoms with Gasteiger partial charge in [-0.2, -0.15) is 0 Å². The summed E-state index contributed by atoms with van der Waals surface area (Å²) >= 11 is 0. The largest absolute Gasteiger partial charge is 0.349 e. The van der Waals surface area contributed by atoms with E-state index >= 15 is 0 Å². The minimum atomic E-state index is -0.589. The quantitative estimate of drug-likeness (QED) is 0.563. The zero-order valence-electron chi connectivity index (χ0n) is 22.5. The van der Waals surface area contributed by atoms with Crippen LogP contribution in [0.3, 0.4) is 0 Å². The van der Waals surface area contributed by atoms with Crippen molar-refractivity contribution in [1.29, 1.82) is 0 Å². The van der Waals surface area contributed by atoms with Crippen molar-refractivity contribution in [2.75, 3.05) is 0 Å². The van der Waals surface area contributed by atoms with Crippen LogP contribution in [0.4, 0.5) is 4.79 Å². The van der Waals surface area contributed by atoms with Crippen molar-refractivity contribution in [2.45, 2.75) is 111 Å². The van der Waals surface area contributed by atoms with E-state index in [2.05, 4.69) is 30.6 Å². The first-order chi connectivity index (χ1) is 15.6. The molecule has 4 rings (SSSR count). The van der Waals surface area contributed by atoms with E-state index in [1.54, 1.807) is 6.08 Å². The maximum atomic E-state index is 14.1. The van der Waals surface area contributed by atoms with Crippen molar-refractivity contribution >= 4 is 17.8 Å². The van der Waals surface area contributed by atoms with Crippen LogP contribution in [0, 0.1) is 34.5 Å². The predicted octanol–water partition coefficient (Wildman–Crippen LogP) is 5.04. The van der Waals surface area contributed by atoms with Gasteiger partial charge in [0.2, 0.25) is 11.8 Å². The highest BCUT2D eigenvalue weighted by Crippen LogP contribution is 2.65. The molecule has 0 bridgehead atoms. The molecule has 6 heteroatoms. The average Bonchev–Trinajstić information content (AvgIpc) is 3.03. The van der Waals surface area contributed by atoms with Gasteiger partial charge < -0.3 is 10.6 Å². The molecule has 34 heavy (non-hydrogen) atoms. The van der Waals surface area contributed by atoms with Gasteiger partial charge in [0.1, 0.15) is 0 Å². The number of amides is 4. The number of rotatable bonds is 1. The van der Waals surface area contributed by atoms with Gasteiger partial charge in [0.15, 0.2) is 0 Å². The number of carbonyl (C=O) groups is 3. The first kappa shape index (κ1) is 25.2. The third-order valence-corrected chi connectivity index (χ3v) is 9.56. The highest BCUT2D eigenvalue weighted by molar-refractivity contribution is 5.97. The smallest absolute Gasteiger partial charge is 0.324 e. The zero-order valence-corrected chi connectivity index (χ0v) is 22.5. The van der Waals surface area contributed by atoms with Gasteiger partial charge >= 0.3 is 6.03 Å². The Bertz CT molecular complexity index is 898. The van der Waals surface area contributed by atoms with Gasteiger partial charge in [0, 0.05) is 28.5 Å². The molecule has 0 aromatic heterocycles. The van der Waals surface area contributed by atoms with Crippen molar-refractivity contribution in [2.24, 2.45) is 34.5 Å². The fourth-order valence-electron chi connectivity index (χ4n) is 8.01. The average molecular weight is 472 g/mol. The second-order valence-electron chi connectivity index (χ2n) is 13.9. The van der Waals surface area contributed by atoms with Crippen LogP contribution in [0.15, 0.2) is 12.2 Å². The molecule has 3 fully saturated rings. The Kier molecular flexibility index (Phi) is 6.01. The third kappa shape index (κ3) is 4.09. The zero-order chi connectivity index (χ0) is 25.3.